The van der Waals surface area contributed by atoms with Crippen molar-refractivity contribution in [3.8, 4) is 5.69 Å². The molecule has 0 radical (unpaired) electrons. The van der Waals surface area contributed by atoms with Gasteiger partial charge in [-0.2, -0.15) is 5.10 Å². The van der Waals surface area contributed by atoms with Crippen LogP contribution in [0.3, 0.4) is 0 Å². The number of hydrogen-bond donors (Lipinski definition) is 1. The van der Waals surface area contributed by atoms with Gasteiger partial charge in [0.1, 0.15) is 18.3 Å². The molecule has 6 heteroatoms. The number of hydrogen-bond acceptors (Lipinski definition) is 3. The van der Waals surface area contributed by atoms with E-state index in [9.17, 15) is 4.79 Å². The molecule has 0 saturated heterocycles. The first-order valence-corrected chi connectivity index (χ1v) is 10.6. The monoisotopic (exact) mass is 421 g/mol. The fourth-order valence-corrected chi connectivity index (χ4v) is 3.95. The van der Waals surface area contributed by atoms with Gasteiger partial charge in [0, 0.05) is 17.4 Å². The van der Waals surface area contributed by atoms with E-state index in [4.69, 9.17) is 0 Å². The Bertz CT molecular complexity index is 1340. The van der Waals surface area contributed by atoms with Gasteiger partial charge in [0.25, 0.3) is 5.91 Å². The summed E-state index contributed by atoms with van der Waals surface area (Å²) >= 11 is 0. The van der Waals surface area contributed by atoms with Crippen molar-refractivity contribution in [2.75, 3.05) is 0 Å². The summed E-state index contributed by atoms with van der Waals surface area (Å²) < 4.78 is 3.79. The Morgan fingerprint density at radius 3 is 2.47 bits per heavy atom. The molecule has 0 aliphatic rings. The number of amides is 1. The molecule has 0 aliphatic carbocycles. The highest BCUT2D eigenvalue weighted by Crippen LogP contribution is 2.23. The lowest BCUT2D eigenvalue weighted by Gasteiger charge is -2.16. The van der Waals surface area contributed by atoms with Gasteiger partial charge in [-0.05, 0) is 42.3 Å². The van der Waals surface area contributed by atoms with Gasteiger partial charge in [-0.3, -0.25) is 4.79 Å². The van der Waals surface area contributed by atoms with Crippen molar-refractivity contribution in [2.24, 2.45) is 0 Å². The Labute approximate surface area is 186 Å². The zero-order valence-electron chi connectivity index (χ0n) is 17.7. The highest BCUT2D eigenvalue weighted by atomic mass is 16.2. The van der Waals surface area contributed by atoms with Crippen molar-refractivity contribution in [3.05, 3.63) is 114 Å². The minimum absolute atomic E-state index is 0.0926. The maximum absolute atomic E-state index is 13.3. The minimum atomic E-state index is -0.143. The third-order valence-electron chi connectivity index (χ3n) is 5.65. The van der Waals surface area contributed by atoms with E-state index in [2.05, 4.69) is 38.2 Å². The lowest BCUT2D eigenvalue weighted by atomic mass is 10.1. The third-order valence-corrected chi connectivity index (χ3v) is 5.65. The van der Waals surface area contributed by atoms with Gasteiger partial charge in [0.15, 0.2) is 0 Å². The quantitative estimate of drug-likeness (QED) is 0.430. The summed E-state index contributed by atoms with van der Waals surface area (Å²) in [6.45, 7) is 2.63. The number of para-hydroxylation sites is 1. The van der Waals surface area contributed by atoms with Gasteiger partial charge in [-0.1, -0.05) is 60.7 Å². The predicted octanol–water partition coefficient (Wildman–Crippen LogP) is 4.76. The van der Waals surface area contributed by atoms with Crippen molar-refractivity contribution in [2.45, 2.75) is 19.5 Å². The molecule has 0 bridgehead atoms. The Kier molecular flexibility index (Phi) is 5.25. The second kappa shape index (κ2) is 8.51. The van der Waals surface area contributed by atoms with Crippen LogP contribution in [0.25, 0.3) is 16.6 Å². The molecular weight excluding hydrogens is 398 g/mol. The van der Waals surface area contributed by atoms with Gasteiger partial charge < -0.3 is 9.88 Å². The highest BCUT2D eigenvalue weighted by Gasteiger charge is 2.18. The summed E-state index contributed by atoms with van der Waals surface area (Å²) in [4.78, 5) is 17.3. The van der Waals surface area contributed by atoms with Crippen LogP contribution in [0.5, 0.6) is 0 Å². The predicted molar refractivity (Wildman–Crippen MR) is 125 cm³/mol. The first kappa shape index (κ1) is 19.8. The number of carbonyl (C=O) groups excluding carboxylic acids is 1. The maximum atomic E-state index is 13.3. The second-order valence-electron chi connectivity index (χ2n) is 7.79. The van der Waals surface area contributed by atoms with Gasteiger partial charge >= 0.3 is 0 Å². The summed E-state index contributed by atoms with van der Waals surface area (Å²) in [5.41, 5.74) is 4.80. The van der Waals surface area contributed by atoms with Crippen LogP contribution in [0.4, 0.5) is 0 Å². The van der Waals surface area contributed by atoms with E-state index in [1.807, 2.05) is 73.7 Å². The van der Waals surface area contributed by atoms with E-state index >= 15 is 0 Å². The Hall–Kier alpha value is -4.19. The van der Waals surface area contributed by atoms with Crippen LogP contribution in [0.1, 0.15) is 34.6 Å². The topological polar surface area (TPSA) is 64.7 Å². The SMILES string of the molecule is CC(NC(=O)c1cc2ccccc2n1Cc1ccccc1)c1ccc(-n2cncn2)cc1. The molecule has 1 atom stereocenters. The summed E-state index contributed by atoms with van der Waals surface area (Å²) in [5.74, 6) is -0.0926. The summed E-state index contributed by atoms with van der Waals surface area (Å²) in [7, 11) is 0. The lowest BCUT2D eigenvalue weighted by molar-refractivity contribution is 0.0931. The molecule has 32 heavy (non-hydrogen) atoms. The third kappa shape index (κ3) is 3.90. The molecule has 6 nitrogen and oxygen atoms in total. The minimum Gasteiger partial charge on any atom is -0.344 e. The van der Waals surface area contributed by atoms with Crippen LogP contribution in [0, 0.1) is 0 Å². The first-order chi connectivity index (χ1) is 15.7. The molecule has 2 heterocycles. The molecule has 1 unspecified atom stereocenters. The van der Waals surface area contributed by atoms with Crippen molar-refractivity contribution < 1.29 is 4.79 Å². The second-order valence-corrected chi connectivity index (χ2v) is 7.79. The summed E-state index contributed by atoms with van der Waals surface area (Å²) in [6, 6.07) is 28.1. The number of fused-ring (bicyclic) bond motifs is 1. The number of benzene rings is 3. The van der Waals surface area contributed by atoms with Crippen molar-refractivity contribution in [1.82, 2.24) is 24.6 Å². The smallest absolute Gasteiger partial charge is 0.268 e. The largest absolute Gasteiger partial charge is 0.344 e. The van der Waals surface area contributed by atoms with Crippen LogP contribution in [0.15, 0.2) is 97.6 Å². The van der Waals surface area contributed by atoms with Crippen LogP contribution >= 0.6 is 0 Å². The van der Waals surface area contributed by atoms with Crippen molar-refractivity contribution in [3.63, 3.8) is 0 Å². The normalized spacial score (nSPS) is 12.0. The van der Waals surface area contributed by atoms with Crippen LogP contribution in [-0.4, -0.2) is 25.2 Å². The van der Waals surface area contributed by atoms with E-state index < -0.39 is 0 Å². The summed E-state index contributed by atoms with van der Waals surface area (Å²) in [6.07, 6.45) is 3.16. The Balaban J connectivity index is 1.40. The van der Waals surface area contributed by atoms with E-state index in [1.54, 1.807) is 11.0 Å². The number of aromatic nitrogens is 4. The zero-order valence-corrected chi connectivity index (χ0v) is 17.7. The maximum Gasteiger partial charge on any atom is 0.268 e. The Morgan fingerprint density at radius 2 is 1.72 bits per heavy atom. The van der Waals surface area contributed by atoms with E-state index in [0.29, 0.717) is 12.2 Å². The van der Waals surface area contributed by atoms with Crippen LogP contribution in [0.2, 0.25) is 0 Å². The highest BCUT2D eigenvalue weighted by molar-refractivity contribution is 5.99. The fraction of sp³-hybridized carbons (Fsp3) is 0.115. The molecular formula is C26H23N5O. The van der Waals surface area contributed by atoms with Crippen LogP contribution < -0.4 is 5.32 Å². The van der Waals surface area contributed by atoms with Gasteiger partial charge in [0.2, 0.25) is 0 Å². The van der Waals surface area contributed by atoms with Gasteiger partial charge in [-0.15, -0.1) is 0 Å². The van der Waals surface area contributed by atoms with Crippen molar-refractivity contribution >= 4 is 16.8 Å². The van der Waals surface area contributed by atoms with Crippen molar-refractivity contribution in [1.29, 1.82) is 0 Å². The molecule has 0 saturated carbocycles. The van der Waals surface area contributed by atoms with Gasteiger partial charge in [0.05, 0.1) is 11.7 Å². The average molecular weight is 422 g/mol. The summed E-state index contributed by atoms with van der Waals surface area (Å²) in [5, 5.41) is 8.36. The number of nitrogens with one attached hydrogen (secondary N) is 1. The Morgan fingerprint density at radius 1 is 0.969 bits per heavy atom. The molecule has 0 aliphatic heterocycles. The van der Waals surface area contributed by atoms with E-state index in [0.717, 1.165) is 27.7 Å². The molecule has 0 fully saturated rings. The van der Waals surface area contributed by atoms with Crippen LogP contribution in [-0.2, 0) is 6.54 Å². The molecule has 1 N–H and O–H groups in total. The molecule has 0 spiro atoms. The number of carbonyl (C=O) groups is 1. The average Bonchev–Trinajstić information content (AvgIpc) is 3.49. The number of rotatable bonds is 6. The van der Waals surface area contributed by atoms with Gasteiger partial charge in [-0.25, -0.2) is 9.67 Å². The number of nitrogens with zero attached hydrogens (tertiary/aromatic N) is 4. The molecule has 5 aromatic rings. The molecule has 5 rings (SSSR count). The van der Waals surface area contributed by atoms with E-state index in [-0.39, 0.29) is 11.9 Å². The molecule has 158 valence electrons. The molecule has 2 aromatic heterocycles. The molecule has 1 amide bonds. The first-order valence-electron chi connectivity index (χ1n) is 10.6. The standard InChI is InChI=1S/C26H23N5O/c1-19(21-11-13-23(14-12-21)31-18-27-17-28-31)29-26(32)25-15-22-9-5-6-10-24(22)30(25)16-20-7-3-2-4-8-20/h2-15,17-19H,16H2,1H3,(H,29,32). The van der Waals surface area contributed by atoms with E-state index in [1.165, 1.54) is 6.33 Å². The fourth-order valence-electron chi connectivity index (χ4n) is 3.95. The lowest BCUT2D eigenvalue weighted by Crippen LogP contribution is -2.28. The molecule has 3 aromatic carbocycles. The zero-order chi connectivity index (χ0) is 21.9.